The number of hydrogen-bond donors (Lipinski definition) is 2. The average molecular weight is 312 g/mol. The van der Waals surface area contributed by atoms with Gasteiger partial charge in [0, 0.05) is 0 Å². The molecule has 0 amide bonds. The van der Waals surface area contributed by atoms with Crippen LogP contribution in [0.1, 0.15) is 26.3 Å². The number of phenols is 1. The lowest BCUT2D eigenvalue weighted by Gasteiger charge is -2.02. The summed E-state index contributed by atoms with van der Waals surface area (Å²) in [5, 5.41) is 18.7. The van der Waals surface area contributed by atoms with Crippen molar-refractivity contribution in [3.05, 3.63) is 59.2 Å². The Morgan fingerprint density at radius 2 is 1.83 bits per heavy atom. The summed E-state index contributed by atoms with van der Waals surface area (Å²) in [4.78, 5) is 23.1. The molecule has 3 rings (SSSR count). The van der Waals surface area contributed by atoms with E-state index in [1.165, 1.54) is 18.2 Å². The van der Waals surface area contributed by atoms with Gasteiger partial charge in [-0.15, -0.1) is 0 Å². The summed E-state index contributed by atoms with van der Waals surface area (Å²) >= 11 is 0. The van der Waals surface area contributed by atoms with E-state index in [1.54, 1.807) is 24.3 Å². The van der Waals surface area contributed by atoms with E-state index >= 15 is 0 Å². The summed E-state index contributed by atoms with van der Waals surface area (Å²) < 4.78 is 10.4. The van der Waals surface area contributed by atoms with Crippen molar-refractivity contribution in [3.63, 3.8) is 0 Å². The van der Waals surface area contributed by atoms with E-state index in [9.17, 15) is 14.7 Å². The number of carbonyl (C=O) groups is 2. The minimum absolute atomic E-state index is 0.0670. The van der Waals surface area contributed by atoms with Crippen molar-refractivity contribution in [2.24, 2.45) is 0 Å². The molecular formula is C17H12O6. The number of carboxylic acids is 1. The zero-order valence-corrected chi connectivity index (χ0v) is 11.9. The molecule has 2 aromatic rings. The first kappa shape index (κ1) is 14.6. The molecule has 6 heteroatoms. The second-order valence-electron chi connectivity index (χ2n) is 4.85. The van der Waals surface area contributed by atoms with Gasteiger partial charge in [-0.3, -0.25) is 4.79 Å². The molecule has 23 heavy (non-hydrogen) atoms. The second-order valence-corrected chi connectivity index (χ2v) is 4.85. The molecule has 0 unspecified atom stereocenters. The van der Waals surface area contributed by atoms with Gasteiger partial charge in [0.25, 0.3) is 0 Å². The van der Waals surface area contributed by atoms with E-state index in [1.807, 2.05) is 0 Å². The second kappa shape index (κ2) is 5.84. The van der Waals surface area contributed by atoms with E-state index in [4.69, 9.17) is 14.6 Å². The minimum Gasteiger partial charge on any atom is -0.507 e. The third kappa shape index (κ3) is 3.01. The van der Waals surface area contributed by atoms with Crippen LogP contribution in [0.25, 0.3) is 6.08 Å². The third-order valence-corrected chi connectivity index (χ3v) is 3.33. The molecule has 0 atom stereocenters. The van der Waals surface area contributed by atoms with Gasteiger partial charge in [0.2, 0.25) is 6.79 Å². The van der Waals surface area contributed by atoms with Crippen molar-refractivity contribution in [2.45, 2.75) is 0 Å². The maximum atomic E-state index is 12.2. The summed E-state index contributed by atoms with van der Waals surface area (Å²) in [5.41, 5.74) is 0.584. The summed E-state index contributed by atoms with van der Waals surface area (Å²) in [6.45, 7) is 0.164. The Balaban J connectivity index is 1.84. The van der Waals surface area contributed by atoms with Crippen LogP contribution in [-0.2, 0) is 0 Å². The topological polar surface area (TPSA) is 93.1 Å². The fourth-order valence-corrected chi connectivity index (χ4v) is 2.14. The minimum atomic E-state index is -1.17. The van der Waals surface area contributed by atoms with Crippen molar-refractivity contribution < 1.29 is 29.3 Å². The van der Waals surface area contributed by atoms with Gasteiger partial charge in [-0.1, -0.05) is 12.1 Å². The smallest absolute Gasteiger partial charge is 0.335 e. The quantitative estimate of drug-likeness (QED) is 0.666. The molecule has 1 aliphatic rings. The zero-order chi connectivity index (χ0) is 16.4. The van der Waals surface area contributed by atoms with Crippen LogP contribution < -0.4 is 9.47 Å². The van der Waals surface area contributed by atoms with Gasteiger partial charge in [-0.05, 0) is 42.0 Å². The Bertz CT molecular complexity index is 822. The predicted octanol–water partition coefficient (Wildman–Crippen LogP) is 2.72. The lowest BCUT2D eigenvalue weighted by Crippen LogP contribution is -2.01. The van der Waals surface area contributed by atoms with Crippen molar-refractivity contribution in [1.29, 1.82) is 0 Å². The molecular weight excluding hydrogens is 300 g/mol. The highest BCUT2D eigenvalue weighted by atomic mass is 16.7. The highest BCUT2D eigenvalue weighted by Gasteiger charge is 2.14. The number of carbonyl (C=O) groups excluding carboxylic acids is 1. The van der Waals surface area contributed by atoms with Crippen LogP contribution in [0.5, 0.6) is 17.2 Å². The molecule has 0 saturated heterocycles. The van der Waals surface area contributed by atoms with Crippen molar-refractivity contribution in [1.82, 2.24) is 0 Å². The predicted molar refractivity (Wildman–Crippen MR) is 81.0 cm³/mol. The molecule has 0 saturated carbocycles. The molecule has 116 valence electrons. The number of benzene rings is 2. The number of hydrogen-bond acceptors (Lipinski definition) is 5. The van der Waals surface area contributed by atoms with Gasteiger partial charge < -0.3 is 19.7 Å². The zero-order valence-electron chi connectivity index (χ0n) is 11.9. The first-order valence-corrected chi connectivity index (χ1v) is 6.73. The summed E-state index contributed by atoms with van der Waals surface area (Å²) in [7, 11) is 0. The molecule has 0 aliphatic carbocycles. The van der Waals surface area contributed by atoms with E-state index in [0.29, 0.717) is 11.5 Å². The summed E-state index contributed by atoms with van der Waals surface area (Å²) in [5.74, 6) is -0.701. The number of aromatic hydroxyl groups is 1. The Kier molecular flexibility index (Phi) is 3.72. The molecule has 0 bridgehead atoms. The van der Waals surface area contributed by atoms with Crippen LogP contribution in [-0.4, -0.2) is 28.8 Å². The van der Waals surface area contributed by atoms with E-state index in [0.717, 1.165) is 11.6 Å². The Labute approximate surface area is 131 Å². The Hall–Kier alpha value is -3.28. The average Bonchev–Trinajstić information content (AvgIpc) is 3.00. The van der Waals surface area contributed by atoms with E-state index < -0.39 is 11.8 Å². The van der Waals surface area contributed by atoms with Gasteiger partial charge in [-0.25, -0.2) is 4.79 Å². The lowest BCUT2D eigenvalue weighted by atomic mass is 10.0. The Morgan fingerprint density at radius 3 is 2.61 bits per heavy atom. The molecule has 0 aromatic heterocycles. The van der Waals surface area contributed by atoms with Crippen molar-refractivity contribution >= 4 is 17.8 Å². The summed E-state index contributed by atoms with van der Waals surface area (Å²) in [6, 6.07) is 8.77. The van der Waals surface area contributed by atoms with Crippen LogP contribution in [0.4, 0.5) is 0 Å². The van der Waals surface area contributed by atoms with Gasteiger partial charge in [0.05, 0.1) is 11.1 Å². The third-order valence-electron chi connectivity index (χ3n) is 3.33. The fraction of sp³-hybridized carbons (Fsp3) is 0.0588. The monoisotopic (exact) mass is 312 g/mol. The normalized spacial score (nSPS) is 12.5. The number of ketones is 1. The molecule has 0 fully saturated rings. The highest BCUT2D eigenvalue weighted by molar-refractivity contribution is 6.09. The largest absolute Gasteiger partial charge is 0.507 e. The number of aromatic carboxylic acids is 1. The number of rotatable bonds is 4. The van der Waals surface area contributed by atoms with Crippen LogP contribution in [0.3, 0.4) is 0 Å². The van der Waals surface area contributed by atoms with Crippen LogP contribution in [0, 0.1) is 0 Å². The standard InChI is InChI=1S/C17H12O6/c18-13(12-8-11(17(20)21)3-5-14(12)19)4-1-10-2-6-15-16(7-10)23-9-22-15/h1-8,19H,9H2,(H,20,21). The van der Waals surface area contributed by atoms with Crippen molar-refractivity contribution in [3.8, 4) is 17.2 Å². The molecule has 0 spiro atoms. The Morgan fingerprint density at radius 1 is 1.04 bits per heavy atom. The molecule has 0 radical (unpaired) electrons. The van der Waals surface area contributed by atoms with Gasteiger partial charge in [0.15, 0.2) is 17.3 Å². The molecule has 6 nitrogen and oxygen atoms in total. The molecule has 2 N–H and O–H groups in total. The molecule has 1 heterocycles. The number of allylic oxidation sites excluding steroid dienone is 1. The lowest BCUT2D eigenvalue weighted by molar-refractivity contribution is 0.0697. The number of ether oxygens (including phenoxy) is 2. The van der Waals surface area contributed by atoms with Crippen molar-refractivity contribution in [2.75, 3.05) is 6.79 Å². The number of carboxylic acid groups (broad SMARTS) is 1. The number of phenolic OH excluding ortho intramolecular Hbond substituents is 1. The molecule has 1 aliphatic heterocycles. The highest BCUT2D eigenvalue weighted by Crippen LogP contribution is 2.32. The van der Waals surface area contributed by atoms with E-state index in [-0.39, 0.29) is 23.7 Å². The summed E-state index contributed by atoms with van der Waals surface area (Å²) in [6.07, 6.45) is 2.81. The SMILES string of the molecule is O=C(O)c1ccc(O)c(C(=O)C=Cc2ccc3c(c2)OCO3)c1. The van der Waals surface area contributed by atoms with Gasteiger partial charge >= 0.3 is 5.97 Å². The maximum absolute atomic E-state index is 12.2. The van der Waals surface area contributed by atoms with E-state index in [2.05, 4.69) is 0 Å². The van der Waals surface area contributed by atoms with Gasteiger partial charge in [-0.2, -0.15) is 0 Å². The fourth-order valence-electron chi connectivity index (χ4n) is 2.14. The van der Waals surface area contributed by atoms with Crippen LogP contribution >= 0.6 is 0 Å². The maximum Gasteiger partial charge on any atom is 0.335 e. The first-order valence-electron chi connectivity index (χ1n) is 6.73. The van der Waals surface area contributed by atoms with Crippen LogP contribution in [0.15, 0.2) is 42.5 Å². The molecule has 2 aromatic carbocycles. The van der Waals surface area contributed by atoms with Gasteiger partial charge in [0.1, 0.15) is 5.75 Å². The first-order chi connectivity index (χ1) is 11.0. The van der Waals surface area contributed by atoms with Crippen LogP contribution in [0.2, 0.25) is 0 Å². The number of fused-ring (bicyclic) bond motifs is 1.